The van der Waals surface area contributed by atoms with Crippen LogP contribution in [0.4, 0.5) is 0 Å². The van der Waals surface area contributed by atoms with Crippen molar-refractivity contribution >= 4 is 33.2 Å². The van der Waals surface area contributed by atoms with E-state index < -0.39 is 0 Å². The highest BCUT2D eigenvalue weighted by Gasteiger charge is 2.08. The molecular weight excluding hydrogens is 364 g/mol. The number of nitrogens with zero attached hydrogens (tertiary/aromatic N) is 2. The van der Waals surface area contributed by atoms with Crippen LogP contribution < -0.4 is 4.74 Å². The van der Waals surface area contributed by atoms with Crippen LogP contribution in [0, 0.1) is 18.3 Å². The van der Waals surface area contributed by atoms with Crippen molar-refractivity contribution in [2.24, 2.45) is 0 Å². The van der Waals surface area contributed by atoms with Gasteiger partial charge in [0.05, 0.1) is 15.8 Å². The molecule has 4 aromatic rings. The fraction of sp³-hybridized carbons (Fsp3) is 0.0833. The van der Waals surface area contributed by atoms with Crippen LogP contribution in [0.25, 0.3) is 21.9 Å². The van der Waals surface area contributed by atoms with Crippen LogP contribution in [0.2, 0.25) is 0 Å². The third-order valence-corrected chi connectivity index (χ3v) is 5.41. The molecule has 0 aliphatic rings. The normalized spacial score (nSPS) is 11.4. The van der Waals surface area contributed by atoms with Gasteiger partial charge in [0.2, 0.25) is 0 Å². The molecule has 0 aliphatic heterocycles. The average molecular weight is 382 g/mol. The fourth-order valence-electron chi connectivity index (χ4n) is 2.84. The van der Waals surface area contributed by atoms with Crippen LogP contribution in [-0.4, -0.2) is 4.98 Å². The molecule has 4 heteroatoms. The Balaban J connectivity index is 1.55. The van der Waals surface area contributed by atoms with Gasteiger partial charge in [-0.15, -0.1) is 11.3 Å². The number of nitriles is 1. The van der Waals surface area contributed by atoms with E-state index in [-0.39, 0.29) is 0 Å². The van der Waals surface area contributed by atoms with Crippen molar-refractivity contribution in [3.63, 3.8) is 0 Å². The highest BCUT2D eigenvalue weighted by atomic mass is 32.1. The third kappa shape index (κ3) is 4.11. The minimum Gasteiger partial charge on any atom is -0.489 e. The molecule has 0 fully saturated rings. The quantitative estimate of drug-likeness (QED) is 0.383. The zero-order valence-corrected chi connectivity index (χ0v) is 16.2. The minimum atomic E-state index is 0.510. The third-order valence-electron chi connectivity index (χ3n) is 4.34. The van der Waals surface area contributed by atoms with E-state index in [1.165, 1.54) is 16.9 Å². The number of thiazole rings is 1. The molecule has 0 atom stereocenters. The molecule has 0 bridgehead atoms. The van der Waals surface area contributed by atoms with Crippen molar-refractivity contribution in [3.05, 3.63) is 94.5 Å². The second-order valence-electron chi connectivity index (χ2n) is 6.50. The average Bonchev–Trinajstić information content (AvgIpc) is 3.16. The number of fused-ring (bicyclic) bond motifs is 1. The first-order valence-electron chi connectivity index (χ1n) is 8.97. The van der Waals surface area contributed by atoms with E-state index in [0.29, 0.717) is 12.2 Å². The lowest BCUT2D eigenvalue weighted by molar-refractivity contribution is 0.306. The summed E-state index contributed by atoms with van der Waals surface area (Å²) in [5, 5.41) is 10.4. The Labute approximate surface area is 168 Å². The van der Waals surface area contributed by atoms with Gasteiger partial charge in [-0.3, -0.25) is 0 Å². The summed E-state index contributed by atoms with van der Waals surface area (Å²) in [5.41, 5.74) is 4.74. The van der Waals surface area contributed by atoms with Gasteiger partial charge in [0.25, 0.3) is 0 Å². The smallest absolute Gasteiger partial charge is 0.135 e. The van der Waals surface area contributed by atoms with Gasteiger partial charge >= 0.3 is 0 Å². The summed E-state index contributed by atoms with van der Waals surface area (Å²) in [6.07, 6.45) is 1.86. The lowest BCUT2D eigenvalue weighted by Crippen LogP contribution is -1.95. The molecule has 4 rings (SSSR count). The maximum absolute atomic E-state index is 9.63. The molecule has 136 valence electrons. The van der Waals surface area contributed by atoms with E-state index in [1.807, 2.05) is 54.6 Å². The van der Waals surface area contributed by atoms with Crippen molar-refractivity contribution in [1.82, 2.24) is 4.98 Å². The lowest BCUT2D eigenvalue weighted by atomic mass is 10.1. The van der Waals surface area contributed by atoms with Crippen molar-refractivity contribution < 1.29 is 4.74 Å². The number of rotatable bonds is 5. The number of aromatic nitrogens is 1. The first-order chi connectivity index (χ1) is 13.7. The van der Waals surface area contributed by atoms with Crippen molar-refractivity contribution in [3.8, 4) is 11.8 Å². The van der Waals surface area contributed by atoms with Crippen molar-refractivity contribution in [2.45, 2.75) is 13.5 Å². The van der Waals surface area contributed by atoms with Gasteiger partial charge in [-0.2, -0.15) is 5.26 Å². The Hall–Kier alpha value is -3.42. The fourth-order valence-corrected chi connectivity index (χ4v) is 3.77. The standard InChI is InChI=1S/C24H18N2OS/c1-17-9-11-18(12-10-17)16-27-21-6-4-5-19(14-21)13-20(15-25)24-26-22-7-2-3-8-23(22)28-24/h2-14H,16H2,1H3/b20-13-. The minimum absolute atomic E-state index is 0.510. The van der Waals surface area contributed by atoms with Gasteiger partial charge in [-0.05, 0) is 48.4 Å². The van der Waals surface area contributed by atoms with Crippen LogP contribution in [0.1, 0.15) is 21.7 Å². The Kier molecular flexibility index (Phi) is 5.18. The van der Waals surface area contributed by atoms with Gasteiger partial charge in [-0.25, -0.2) is 4.98 Å². The second kappa shape index (κ2) is 8.08. The molecule has 0 saturated heterocycles. The summed E-state index contributed by atoms with van der Waals surface area (Å²) in [5.74, 6) is 0.774. The number of ether oxygens (including phenoxy) is 1. The Morgan fingerprint density at radius 2 is 1.89 bits per heavy atom. The van der Waals surface area contributed by atoms with Crippen LogP contribution >= 0.6 is 11.3 Å². The van der Waals surface area contributed by atoms with Gasteiger partial charge in [-0.1, -0.05) is 54.1 Å². The van der Waals surface area contributed by atoms with Crippen LogP contribution in [-0.2, 0) is 6.61 Å². The molecule has 3 nitrogen and oxygen atoms in total. The van der Waals surface area contributed by atoms with Crippen molar-refractivity contribution in [1.29, 1.82) is 5.26 Å². The predicted octanol–water partition coefficient (Wildman–Crippen LogP) is 6.25. The van der Waals surface area contributed by atoms with E-state index in [4.69, 9.17) is 4.74 Å². The molecule has 0 amide bonds. The molecule has 1 heterocycles. The summed E-state index contributed by atoms with van der Waals surface area (Å²) < 4.78 is 6.99. The van der Waals surface area contributed by atoms with Crippen LogP contribution in [0.15, 0.2) is 72.8 Å². The zero-order valence-electron chi connectivity index (χ0n) is 15.4. The molecule has 0 radical (unpaired) electrons. The Morgan fingerprint density at radius 1 is 1.07 bits per heavy atom. The maximum atomic E-state index is 9.63. The molecule has 28 heavy (non-hydrogen) atoms. The number of hydrogen-bond donors (Lipinski definition) is 0. The lowest BCUT2D eigenvalue weighted by Gasteiger charge is -2.07. The first-order valence-corrected chi connectivity index (χ1v) is 9.79. The number of aryl methyl sites for hydroxylation is 1. The summed E-state index contributed by atoms with van der Waals surface area (Å²) in [4.78, 5) is 4.58. The van der Waals surface area contributed by atoms with E-state index in [1.54, 1.807) is 0 Å². The summed E-state index contributed by atoms with van der Waals surface area (Å²) >= 11 is 1.53. The summed E-state index contributed by atoms with van der Waals surface area (Å²) in [6.45, 7) is 2.58. The van der Waals surface area contributed by atoms with E-state index >= 15 is 0 Å². The molecule has 1 aromatic heterocycles. The predicted molar refractivity (Wildman–Crippen MR) is 115 cm³/mol. The van der Waals surface area contributed by atoms with E-state index in [0.717, 1.165) is 32.1 Å². The maximum Gasteiger partial charge on any atom is 0.135 e. The second-order valence-corrected chi connectivity index (χ2v) is 7.53. The topological polar surface area (TPSA) is 45.9 Å². The molecular formula is C24H18N2OS. The molecule has 3 aromatic carbocycles. The monoisotopic (exact) mass is 382 g/mol. The first kappa shape index (κ1) is 18.0. The highest BCUT2D eigenvalue weighted by Crippen LogP contribution is 2.28. The van der Waals surface area contributed by atoms with E-state index in [2.05, 4.69) is 42.2 Å². The summed E-state index contributed by atoms with van der Waals surface area (Å²) in [6, 6.07) is 26.3. The Morgan fingerprint density at radius 3 is 2.68 bits per heavy atom. The molecule has 0 spiro atoms. The number of allylic oxidation sites excluding steroid dienone is 1. The van der Waals surface area contributed by atoms with E-state index in [9.17, 15) is 5.26 Å². The van der Waals surface area contributed by atoms with Crippen LogP contribution in [0.5, 0.6) is 5.75 Å². The Bertz CT molecular complexity index is 1150. The molecule has 0 unspecified atom stereocenters. The number of benzene rings is 3. The molecule has 0 saturated carbocycles. The van der Waals surface area contributed by atoms with Crippen molar-refractivity contribution in [2.75, 3.05) is 0 Å². The summed E-state index contributed by atoms with van der Waals surface area (Å²) in [7, 11) is 0. The largest absolute Gasteiger partial charge is 0.489 e. The van der Waals surface area contributed by atoms with Gasteiger partial charge in [0.15, 0.2) is 0 Å². The zero-order chi connectivity index (χ0) is 19.3. The number of hydrogen-bond acceptors (Lipinski definition) is 4. The van der Waals surface area contributed by atoms with Gasteiger partial charge in [0.1, 0.15) is 23.4 Å². The van der Waals surface area contributed by atoms with Gasteiger partial charge < -0.3 is 4.74 Å². The molecule has 0 aliphatic carbocycles. The SMILES string of the molecule is Cc1ccc(COc2cccc(/C=C(/C#N)c3nc4ccccc4s3)c2)cc1. The number of para-hydroxylation sites is 1. The molecule has 0 N–H and O–H groups in total. The van der Waals surface area contributed by atoms with Gasteiger partial charge in [0, 0.05) is 0 Å². The highest BCUT2D eigenvalue weighted by molar-refractivity contribution is 7.19. The van der Waals surface area contributed by atoms with Crippen LogP contribution in [0.3, 0.4) is 0 Å².